The van der Waals surface area contributed by atoms with Gasteiger partial charge in [0.2, 0.25) is 0 Å². The number of benzene rings is 20. The van der Waals surface area contributed by atoms with Crippen molar-refractivity contribution in [2.45, 2.75) is 0 Å². The molecule has 0 bridgehead atoms. The van der Waals surface area contributed by atoms with Crippen LogP contribution in [0.2, 0.25) is 0 Å². The zero-order valence-electron chi connectivity index (χ0n) is 80.7. The van der Waals surface area contributed by atoms with Crippen LogP contribution in [-0.2, 0) is 0 Å². The van der Waals surface area contributed by atoms with E-state index in [4.69, 9.17) is 58.1 Å². The molecule has 0 spiro atoms. The lowest BCUT2D eigenvalue weighted by atomic mass is 10.00. The van der Waals surface area contributed by atoms with Crippen molar-refractivity contribution >= 4 is 98.9 Å². The summed E-state index contributed by atoms with van der Waals surface area (Å²) in [5.74, 6) is 4.52. The molecule has 29 aromatic rings. The molecule has 15 heteroatoms. The van der Waals surface area contributed by atoms with Crippen molar-refractivity contribution in [1.82, 2.24) is 58.6 Å². The van der Waals surface area contributed by atoms with Gasteiger partial charge in [0, 0.05) is 116 Å². The number of rotatable bonds is 17. The summed E-state index contributed by atoms with van der Waals surface area (Å²) in [4.78, 5) is 46.2. The van der Waals surface area contributed by atoms with Gasteiger partial charge in [-0.2, -0.15) is 0 Å². The quantitative estimate of drug-likeness (QED) is 0.0846. The topological polar surface area (TPSA) is 170 Å². The smallest absolute Gasteiger partial charge is 0.161 e. The van der Waals surface area contributed by atoms with Gasteiger partial charge in [0.25, 0.3) is 0 Å². The molecule has 150 heavy (non-hydrogen) atoms. The van der Waals surface area contributed by atoms with Crippen LogP contribution in [-0.4, -0.2) is 58.6 Å². The molecule has 20 aromatic carbocycles. The second kappa shape index (κ2) is 38.3. The summed E-state index contributed by atoms with van der Waals surface area (Å²) in [6, 6.07) is 179. The Morgan fingerprint density at radius 3 is 0.687 bits per heavy atom. The van der Waals surface area contributed by atoms with Gasteiger partial charge in [-0.3, -0.25) is 13.7 Å². The van der Waals surface area contributed by atoms with Gasteiger partial charge in [-0.15, -0.1) is 0 Å². The lowest BCUT2D eigenvalue weighted by Crippen LogP contribution is -1.97. The predicted molar refractivity (Wildman–Crippen MR) is 608 cm³/mol. The molecule has 0 amide bonds. The molecule has 0 radical (unpaired) electrons. The molecule has 15 nitrogen and oxygen atoms in total. The third-order valence-electron chi connectivity index (χ3n) is 27.7. The van der Waals surface area contributed by atoms with Crippen molar-refractivity contribution in [3.05, 3.63) is 522 Å². The zero-order chi connectivity index (χ0) is 99.3. The summed E-state index contributed by atoms with van der Waals surface area (Å²) in [7, 11) is 0. The van der Waals surface area contributed by atoms with E-state index in [1.54, 1.807) is 0 Å². The van der Waals surface area contributed by atoms with Crippen molar-refractivity contribution in [1.29, 1.82) is 0 Å². The minimum atomic E-state index is 0.643. The van der Waals surface area contributed by atoms with E-state index in [1.165, 1.54) is 5.56 Å². The Labute approximate surface area is 861 Å². The van der Waals surface area contributed by atoms with Crippen LogP contribution in [0.3, 0.4) is 0 Å². The molecular weight excluding hydrogens is 1840 g/mol. The Morgan fingerprint density at radius 2 is 0.373 bits per heavy atom. The Morgan fingerprint density at radius 1 is 0.147 bits per heavy atom. The number of imidazole rings is 3. The number of aromatic nitrogens is 12. The lowest BCUT2D eigenvalue weighted by molar-refractivity contribution is 0.668. The van der Waals surface area contributed by atoms with E-state index in [1.807, 2.05) is 158 Å². The van der Waals surface area contributed by atoms with Crippen LogP contribution in [0.4, 0.5) is 0 Å². The first-order valence-electron chi connectivity index (χ1n) is 50.0. The van der Waals surface area contributed by atoms with Gasteiger partial charge in [0.05, 0.1) is 67.3 Å². The summed E-state index contributed by atoms with van der Waals surface area (Å²) in [5.41, 5.74) is 35.5. The van der Waals surface area contributed by atoms with E-state index in [0.29, 0.717) is 17.5 Å². The van der Waals surface area contributed by atoms with E-state index in [9.17, 15) is 0 Å². The third-order valence-corrected chi connectivity index (χ3v) is 27.7. The number of para-hydroxylation sites is 9. The highest BCUT2D eigenvalue weighted by Gasteiger charge is 2.27. The molecular formula is C135H86N12O3. The van der Waals surface area contributed by atoms with E-state index in [-0.39, 0.29) is 0 Å². The summed E-state index contributed by atoms with van der Waals surface area (Å²) in [5, 5.41) is 5.96. The number of hydrogen-bond acceptors (Lipinski definition) is 12. The monoisotopic (exact) mass is 1920 g/mol. The molecule has 9 heterocycles. The van der Waals surface area contributed by atoms with Crippen LogP contribution in [0.5, 0.6) is 0 Å². The van der Waals surface area contributed by atoms with Crippen LogP contribution in [0.15, 0.2) is 535 Å². The summed E-state index contributed by atoms with van der Waals surface area (Å²) >= 11 is 0. The Bertz CT molecular complexity index is 10100. The standard InChI is InChI=1S/2C47H30N4O.C41H26N4O/c1-4-14-31(15-5-1)33-18-12-19-34(28-33)41-30-40(32-16-6-2-7-17-32)48-46(49-41)38-22-13-25-43-45(38)37-27-26-35(29-44(37)52-43)47-50-39-23-10-11-24-42(39)51(47)36-20-8-3-9-21-36;1-4-13-31(14-5-1)32-23-25-34(26-24-32)41-30-40(33-15-6-2-7-16-33)48-46(49-41)38-19-12-22-43-45(38)37-28-27-35(29-44(37)52-43)47-50-39-20-10-11-21-42(39)51(47)36-17-8-3-9-18-36;1-4-13-27(14-5-1)34-26-35(28-15-6-2-7-16-28)43-40(42-34)32-19-12-22-37-39(32)31-24-23-29(25-38(31)46-37)41-44-33-20-10-11-21-36(33)45(41)30-17-8-3-9-18-30/h2*1-30H;1-26H. The molecule has 0 fully saturated rings. The SMILES string of the molecule is c1ccc(-c2cc(-c3ccccc3)nc(-c3cccc4oc5cc(-c6nc7ccccc7n6-c6ccccc6)ccc5c34)n2)cc1.c1ccc(-c2ccc(-c3cc(-c4ccccc4)nc(-c4cccc5oc6cc(-c7nc8ccccc8n7-c7ccccc7)ccc6c45)n3)cc2)cc1.c1ccc(-c2cccc(-c3cc(-c4ccccc4)nc(-c4cccc5oc6cc(-c7nc8ccccc8n7-c7ccccc7)ccc6c45)n3)c2)cc1. The molecule has 704 valence electrons. The maximum Gasteiger partial charge on any atom is 0.161 e. The molecule has 0 unspecified atom stereocenters. The Kier molecular flexibility index (Phi) is 22.6. The molecule has 0 N–H and O–H groups in total. The van der Waals surface area contributed by atoms with E-state index in [0.717, 1.165) is 251 Å². The number of hydrogen-bond donors (Lipinski definition) is 0. The number of nitrogens with zero attached hydrogens (tertiary/aromatic N) is 12. The molecule has 0 saturated carbocycles. The molecule has 0 saturated heterocycles. The van der Waals surface area contributed by atoms with Gasteiger partial charge in [0.15, 0.2) is 17.5 Å². The molecule has 0 atom stereocenters. The summed E-state index contributed by atoms with van der Waals surface area (Å²) < 4.78 is 26.3. The fourth-order valence-corrected chi connectivity index (χ4v) is 20.6. The van der Waals surface area contributed by atoms with E-state index in [2.05, 4.69) is 378 Å². The summed E-state index contributed by atoms with van der Waals surface area (Å²) in [6.45, 7) is 0. The van der Waals surface area contributed by atoms with E-state index >= 15 is 0 Å². The summed E-state index contributed by atoms with van der Waals surface area (Å²) in [6.07, 6.45) is 0. The zero-order valence-corrected chi connectivity index (χ0v) is 80.7. The normalized spacial score (nSPS) is 11.5. The highest BCUT2D eigenvalue weighted by Crippen LogP contribution is 2.46. The van der Waals surface area contributed by atoms with Crippen LogP contribution in [0.25, 0.3) is 274 Å². The number of fused-ring (bicyclic) bond motifs is 12. The number of furan rings is 3. The first-order valence-corrected chi connectivity index (χ1v) is 50.0. The molecule has 0 aliphatic rings. The first-order chi connectivity index (χ1) is 74.3. The van der Waals surface area contributed by atoms with Crippen molar-refractivity contribution in [2.24, 2.45) is 0 Å². The minimum Gasteiger partial charge on any atom is -0.456 e. The highest BCUT2D eigenvalue weighted by atomic mass is 16.3. The van der Waals surface area contributed by atoms with Crippen molar-refractivity contribution in [3.63, 3.8) is 0 Å². The van der Waals surface area contributed by atoms with Gasteiger partial charge in [-0.1, -0.05) is 370 Å². The average molecular weight is 1920 g/mol. The van der Waals surface area contributed by atoms with Gasteiger partial charge in [0.1, 0.15) is 51.0 Å². The van der Waals surface area contributed by atoms with E-state index < -0.39 is 0 Å². The predicted octanol–water partition coefficient (Wildman–Crippen LogP) is 34.5. The molecule has 29 rings (SSSR count). The molecule has 0 aliphatic carbocycles. The molecule has 0 aliphatic heterocycles. The van der Waals surface area contributed by atoms with Crippen LogP contribution >= 0.6 is 0 Å². The third kappa shape index (κ3) is 16.7. The van der Waals surface area contributed by atoms with Crippen molar-refractivity contribution in [3.8, 4) is 175 Å². The van der Waals surface area contributed by atoms with Crippen molar-refractivity contribution in [2.75, 3.05) is 0 Å². The lowest BCUT2D eigenvalue weighted by Gasteiger charge is -2.11. The van der Waals surface area contributed by atoms with Crippen LogP contribution < -0.4 is 0 Å². The Hall–Kier alpha value is -20.6. The molecule has 9 aromatic heterocycles. The second-order valence-corrected chi connectivity index (χ2v) is 37.0. The van der Waals surface area contributed by atoms with Gasteiger partial charge < -0.3 is 13.3 Å². The fraction of sp³-hybridized carbons (Fsp3) is 0. The minimum absolute atomic E-state index is 0.643. The van der Waals surface area contributed by atoms with Crippen LogP contribution in [0, 0.1) is 0 Å². The highest BCUT2D eigenvalue weighted by molar-refractivity contribution is 6.15. The average Bonchev–Trinajstić information content (AvgIpc) is 1.57. The first kappa shape index (κ1) is 88.4. The largest absolute Gasteiger partial charge is 0.456 e. The fourth-order valence-electron chi connectivity index (χ4n) is 20.6. The van der Waals surface area contributed by atoms with Gasteiger partial charge in [-0.25, -0.2) is 44.9 Å². The van der Waals surface area contributed by atoms with Gasteiger partial charge >= 0.3 is 0 Å². The van der Waals surface area contributed by atoms with Crippen LogP contribution in [0.1, 0.15) is 0 Å². The Balaban J connectivity index is 0.000000111. The maximum absolute atomic E-state index is 6.60. The van der Waals surface area contributed by atoms with Gasteiger partial charge in [-0.05, 0) is 174 Å². The second-order valence-electron chi connectivity index (χ2n) is 37.0. The maximum atomic E-state index is 6.60. The van der Waals surface area contributed by atoms with Crippen molar-refractivity contribution < 1.29 is 13.3 Å².